The van der Waals surface area contributed by atoms with Gasteiger partial charge in [0.1, 0.15) is 6.04 Å². The molecule has 0 aliphatic carbocycles. The minimum absolute atomic E-state index is 0.275. The van der Waals surface area contributed by atoms with E-state index in [9.17, 15) is 14.7 Å². The van der Waals surface area contributed by atoms with Gasteiger partial charge in [0.05, 0.1) is 10.4 Å². The van der Waals surface area contributed by atoms with Crippen molar-refractivity contribution in [1.29, 1.82) is 0 Å². The standard InChI is InChI=1S/C14H18ClN3O3S2/c1-8(19)17-11(12(20)21)14(2,3)23-22-13(16)18-10-6-4-9(15)5-7-10/h4-7,11H,1-3H3,(H2,16,18)(H,17,19)(H,20,21)/t11-/m1/s1. The normalized spacial score (nSPS) is 13.5. The number of carboxylic acid groups (broad SMARTS) is 1. The summed E-state index contributed by atoms with van der Waals surface area (Å²) < 4.78 is -0.789. The Morgan fingerprint density at radius 3 is 2.39 bits per heavy atom. The average Bonchev–Trinajstić information content (AvgIpc) is 2.45. The molecule has 0 spiro atoms. The first-order chi connectivity index (χ1) is 10.6. The number of aliphatic carboxylic acids is 1. The van der Waals surface area contributed by atoms with Crippen molar-refractivity contribution in [3.63, 3.8) is 0 Å². The predicted octanol–water partition coefficient (Wildman–Crippen LogP) is 3.04. The Kier molecular flexibility index (Phi) is 7.24. The highest BCUT2D eigenvalue weighted by Crippen LogP contribution is 2.38. The smallest absolute Gasteiger partial charge is 0.327 e. The summed E-state index contributed by atoms with van der Waals surface area (Å²) in [6.07, 6.45) is 0. The number of amidine groups is 1. The number of nitrogens with zero attached hydrogens (tertiary/aromatic N) is 1. The number of nitrogens with two attached hydrogens (primary N) is 1. The first kappa shape index (κ1) is 19.7. The predicted molar refractivity (Wildman–Crippen MR) is 97.2 cm³/mol. The molecular weight excluding hydrogens is 358 g/mol. The largest absolute Gasteiger partial charge is 0.480 e. The molecule has 1 aromatic carbocycles. The number of benzene rings is 1. The number of aliphatic imine (C=N–C) groups is 1. The fourth-order valence-corrected chi connectivity index (χ4v) is 3.72. The Labute approximate surface area is 147 Å². The van der Waals surface area contributed by atoms with Crippen molar-refractivity contribution in [3.8, 4) is 0 Å². The van der Waals surface area contributed by atoms with Gasteiger partial charge < -0.3 is 16.2 Å². The quantitative estimate of drug-likeness (QED) is 0.401. The van der Waals surface area contributed by atoms with Crippen molar-refractivity contribution in [2.24, 2.45) is 10.7 Å². The van der Waals surface area contributed by atoms with E-state index in [2.05, 4.69) is 10.3 Å². The number of carbonyl (C=O) groups excluding carboxylic acids is 1. The molecular formula is C14H18ClN3O3S2. The van der Waals surface area contributed by atoms with Gasteiger partial charge in [-0.1, -0.05) is 22.4 Å². The topological polar surface area (TPSA) is 105 Å². The summed E-state index contributed by atoms with van der Waals surface area (Å²) in [5.74, 6) is -1.51. The monoisotopic (exact) mass is 375 g/mol. The molecule has 0 radical (unpaired) electrons. The summed E-state index contributed by atoms with van der Waals surface area (Å²) in [5.41, 5.74) is 6.50. The van der Waals surface area contributed by atoms with Gasteiger partial charge in [0.2, 0.25) is 5.91 Å². The lowest BCUT2D eigenvalue weighted by Crippen LogP contribution is -2.51. The van der Waals surface area contributed by atoms with Crippen LogP contribution in [0, 0.1) is 0 Å². The van der Waals surface area contributed by atoms with Crippen LogP contribution in [-0.2, 0) is 9.59 Å². The Morgan fingerprint density at radius 2 is 1.91 bits per heavy atom. The third-order valence-corrected chi connectivity index (χ3v) is 6.01. The molecule has 0 bridgehead atoms. The van der Waals surface area contributed by atoms with Gasteiger partial charge in [-0.3, -0.25) is 4.79 Å². The molecule has 0 aromatic heterocycles. The molecule has 0 aliphatic heterocycles. The highest BCUT2D eigenvalue weighted by Gasteiger charge is 2.37. The van der Waals surface area contributed by atoms with Gasteiger partial charge in [-0.05, 0) is 48.9 Å². The second kappa shape index (κ2) is 8.47. The lowest BCUT2D eigenvalue weighted by Gasteiger charge is -2.30. The number of nitrogens with one attached hydrogen (secondary N) is 1. The van der Waals surface area contributed by atoms with Crippen LogP contribution in [0.4, 0.5) is 5.69 Å². The molecule has 1 amide bonds. The first-order valence-electron chi connectivity index (χ1n) is 6.57. The average molecular weight is 376 g/mol. The number of hydrogen-bond acceptors (Lipinski definition) is 5. The third-order valence-electron chi connectivity index (χ3n) is 2.70. The molecule has 1 atom stereocenters. The number of halogens is 1. The van der Waals surface area contributed by atoms with Crippen molar-refractivity contribution < 1.29 is 14.7 Å². The minimum Gasteiger partial charge on any atom is -0.480 e. The molecule has 126 valence electrons. The van der Waals surface area contributed by atoms with E-state index in [1.54, 1.807) is 38.1 Å². The fourth-order valence-electron chi connectivity index (χ4n) is 1.60. The molecule has 0 unspecified atom stereocenters. The van der Waals surface area contributed by atoms with Crippen LogP contribution in [0.15, 0.2) is 29.3 Å². The van der Waals surface area contributed by atoms with Crippen LogP contribution in [0.2, 0.25) is 5.02 Å². The van der Waals surface area contributed by atoms with E-state index in [-0.39, 0.29) is 5.17 Å². The molecule has 23 heavy (non-hydrogen) atoms. The Bertz CT molecular complexity index is 606. The second-order valence-corrected chi connectivity index (χ2v) is 8.41. The maximum absolute atomic E-state index is 11.3. The number of rotatable bonds is 6. The van der Waals surface area contributed by atoms with Crippen LogP contribution in [0.1, 0.15) is 20.8 Å². The van der Waals surface area contributed by atoms with Crippen LogP contribution >= 0.6 is 33.2 Å². The van der Waals surface area contributed by atoms with Crippen LogP contribution in [0.5, 0.6) is 0 Å². The summed E-state index contributed by atoms with van der Waals surface area (Å²) in [6.45, 7) is 4.71. The van der Waals surface area contributed by atoms with Crippen molar-refractivity contribution in [2.75, 3.05) is 0 Å². The van der Waals surface area contributed by atoms with Gasteiger partial charge in [0.15, 0.2) is 5.17 Å². The second-order valence-electron chi connectivity index (χ2n) is 5.17. The van der Waals surface area contributed by atoms with E-state index in [4.69, 9.17) is 17.3 Å². The maximum atomic E-state index is 11.3. The van der Waals surface area contributed by atoms with Gasteiger partial charge in [0, 0.05) is 11.9 Å². The fraction of sp³-hybridized carbons (Fsp3) is 0.357. The van der Waals surface area contributed by atoms with Crippen LogP contribution in [0.25, 0.3) is 0 Å². The van der Waals surface area contributed by atoms with Crippen molar-refractivity contribution >= 4 is 55.9 Å². The summed E-state index contributed by atoms with van der Waals surface area (Å²) >= 11 is 5.80. The molecule has 1 aromatic rings. The molecule has 9 heteroatoms. The third kappa shape index (κ3) is 6.72. The maximum Gasteiger partial charge on any atom is 0.327 e. The van der Waals surface area contributed by atoms with E-state index in [1.807, 2.05) is 0 Å². The summed E-state index contributed by atoms with van der Waals surface area (Å²) in [5, 5.41) is 12.6. The highest BCUT2D eigenvalue weighted by molar-refractivity contribution is 8.82. The van der Waals surface area contributed by atoms with E-state index < -0.39 is 22.7 Å². The molecule has 0 saturated heterocycles. The number of amides is 1. The zero-order valence-corrected chi connectivity index (χ0v) is 15.3. The lowest BCUT2D eigenvalue weighted by atomic mass is 10.0. The Balaban J connectivity index is 2.74. The van der Waals surface area contributed by atoms with Crippen molar-refractivity contribution in [3.05, 3.63) is 29.3 Å². The van der Waals surface area contributed by atoms with Crippen molar-refractivity contribution in [2.45, 2.75) is 31.6 Å². The first-order valence-corrected chi connectivity index (χ1v) is 9.10. The van der Waals surface area contributed by atoms with Gasteiger partial charge in [-0.2, -0.15) is 0 Å². The number of carbonyl (C=O) groups is 2. The highest BCUT2D eigenvalue weighted by atomic mass is 35.5. The van der Waals surface area contributed by atoms with Crippen LogP contribution < -0.4 is 11.1 Å². The van der Waals surface area contributed by atoms with E-state index in [0.717, 1.165) is 10.8 Å². The van der Waals surface area contributed by atoms with Crippen LogP contribution in [-0.4, -0.2) is 32.9 Å². The summed E-state index contributed by atoms with van der Waals surface area (Å²) in [4.78, 5) is 26.7. The van der Waals surface area contributed by atoms with E-state index in [0.29, 0.717) is 10.7 Å². The molecule has 0 fully saturated rings. The summed E-state index contributed by atoms with van der Waals surface area (Å²) in [7, 11) is 2.38. The van der Waals surface area contributed by atoms with Crippen LogP contribution in [0.3, 0.4) is 0 Å². The molecule has 0 saturated carbocycles. The molecule has 0 aliphatic rings. The lowest BCUT2D eigenvalue weighted by molar-refractivity contribution is -0.142. The van der Waals surface area contributed by atoms with E-state index in [1.165, 1.54) is 17.7 Å². The molecule has 4 N–H and O–H groups in total. The molecule has 1 rings (SSSR count). The van der Waals surface area contributed by atoms with Gasteiger partial charge in [0.25, 0.3) is 0 Å². The zero-order valence-electron chi connectivity index (χ0n) is 12.9. The minimum atomic E-state index is -1.11. The molecule has 6 nitrogen and oxygen atoms in total. The number of carboxylic acids is 1. The van der Waals surface area contributed by atoms with Gasteiger partial charge in [-0.25, -0.2) is 9.79 Å². The SMILES string of the molecule is CC(=O)N[C@H](C(=O)O)C(C)(C)SSC(N)=Nc1ccc(Cl)cc1. The Morgan fingerprint density at radius 1 is 1.35 bits per heavy atom. The zero-order chi connectivity index (χ0) is 17.6. The van der Waals surface area contributed by atoms with Gasteiger partial charge >= 0.3 is 5.97 Å². The molecule has 0 heterocycles. The van der Waals surface area contributed by atoms with Crippen molar-refractivity contribution in [1.82, 2.24) is 5.32 Å². The number of hydrogen-bond donors (Lipinski definition) is 3. The van der Waals surface area contributed by atoms with E-state index >= 15 is 0 Å². The Hall–Kier alpha value is -1.38. The van der Waals surface area contributed by atoms with Gasteiger partial charge in [-0.15, -0.1) is 0 Å². The summed E-state index contributed by atoms with van der Waals surface area (Å²) in [6, 6.07) is 5.81.